The molecule has 3 N–H and O–H groups in total. The highest BCUT2D eigenvalue weighted by Crippen LogP contribution is 2.40. The van der Waals surface area contributed by atoms with Crippen LogP contribution in [0.2, 0.25) is 5.02 Å². The largest absolute Gasteiger partial charge is 0.505 e. The maximum absolute atomic E-state index is 13.4. The third kappa shape index (κ3) is 2.39. The fourth-order valence-electron chi connectivity index (χ4n) is 2.48. The summed E-state index contributed by atoms with van der Waals surface area (Å²) in [5, 5.41) is 10.1. The van der Waals surface area contributed by atoms with Crippen molar-refractivity contribution < 1.29 is 9.50 Å². The Morgan fingerprint density at radius 2 is 2.29 bits per heavy atom. The Morgan fingerprint density at radius 1 is 1.59 bits per heavy atom. The summed E-state index contributed by atoms with van der Waals surface area (Å²) in [6.07, 6.45) is 0.820. The van der Waals surface area contributed by atoms with E-state index in [9.17, 15) is 9.50 Å². The standard InChI is InChI=1S/C12H16ClFN2O/c1-16-6-7(5-15)2-11(16)9-3-8(13)4-10(14)12(9)17/h3-4,7,11,17H,2,5-6,15H2,1H3. The lowest BCUT2D eigenvalue weighted by atomic mass is 9.99. The fraction of sp³-hybridized carbons (Fsp3) is 0.500. The number of phenolic OH excluding ortho intramolecular Hbond substituents is 1. The van der Waals surface area contributed by atoms with Gasteiger partial charge in [0.05, 0.1) is 0 Å². The van der Waals surface area contributed by atoms with Crippen LogP contribution < -0.4 is 5.73 Å². The molecule has 1 fully saturated rings. The summed E-state index contributed by atoms with van der Waals surface area (Å²) in [6.45, 7) is 1.46. The summed E-state index contributed by atoms with van der Waals surface area (Å²) in [7, 11) is 1.94. The van der Waals surface area contributed by atoms with Crippen molar-refractivity contribution in [1.82, 2.24) is 4.90 Å². The van der Waals surface area contributed by atoms with E-state index in [1.165, 1.54) is 0 Å². The Kier molecular flexibility index (Phi) is 3.56. The molecule has 0 bridgehead atoms. The normalized spacial score (nSPS) is 25.4. The van der Waals surface area contributed by atoms with E-state index in [-0.39, 0.29) is 11.8 Å². The number of nitrogens with two attached hydrogens (primary N) is 1. The molecular formula is C12H16ClFN2O. The van der Waals surface area contributed by atoms with E-state index < -0.39 is 5.82 Å². The van der Waals surface area contributed by atoms with Gasteiger partial charge < -0.3 is 10.8 Å². The summed E-state index contributed by atoms with van der Waals surface area (Å²) in [6, 6.07) is 2.73. The zero-order valence-corrected chi connectivity index (χ0v) is 10.4. The van der Waals surface area contributed by atoms with Crippen molar-refractivity contribution in [1.29, 1.82) is 0 Å². The van der Waals surface area contributed by atoms with Crippen LogP contribution in [0.1, 0.15) is 18.0 Å². The first-order valence-electron chi connectivity index (χ1n) is 5.61. The predicted molar refractivity (Wildman–Crippen MR) is 65.6 cm³/mol. The molecule has 0 spiro atoms. The van der Waals surface area contributed by atoms with E-state index in [0.29, 0.717) is 23.0 Å². The molecule has 0 saturated carbocycles. The molecule has 3 nitrogen and oxygen atoms in total. The molecule has 0 aromatic heterocycles. The van der Waals surface area contributed by atoms with Crippen molar-refractivity contribution >= 4 is 11.6 Å². The average Bonchev–Trinajstić information content (AvgIpc) is 2.65. The van der Waals surface area contributed by atoms with Crippen molar-refractivity contribution in [3.05, 3.63) is 28.5 Å². The molecule has 5 heteroatoms. The summed E-state index contributed by atoms with van der Waals surface area (Å²) < 4.78 is 13.4. The molecule has 1 aliphatic heterocycles. The fourth-order valence-corrected chi connectivity index (χ4v) is 2.69. The van der Waals surface area contributed by atoms with E-state index >= 15 is 0 Å². The van der Waals surface area contributed by atoms with Gasteiger partial charge in [0.25, 0.3) is 0 Å². The molecular weight excluding hydrogens is 243 g/mol. The number of aromatic hydroxyl groups is 1. The first-order chi connectivity index (χ1) is 8.02. The molecule has 0 radical (unpaired) electrons. The van der Waals surface area contributed by atoms with Gasteiger partial charge in [-0.15, -0.1) is 0 Å². The van der Waals surface area contributed by atoms with Crippen molar-refractivity contribution in [3.8, 4) is 5.75 Å². The SMILES string of the molecule is CN1CC(CN)CC1c1cc(Cl)cc(F)c1O. The third-order valence-corrected chi connectivity index (χ3v) is 3.60. The Morgan fingerprint density at radius 3 is 2.88 bits per heavy atom. The van der Waals surface area contributed by atoms with Crippen molar-refractivity contribution in [2.45, 2.75) is 12.5 Å². The minimum atomic E-state index is -0.669. The zero-order valence-electron chi connectivity index (χ0n) is 9.66. The monoisotopic (exact) mass is 258 g/mol. The molecule has 1 aromatic carbocycles. The molecule has 94 valence electrons. The van der Waals surface area contributed by atoms with Crippen LogP contribution in [0.4, 0.5) is 4.39 Å². The van der Waals surface area contributed by atoms with Gasteiger partial charge in [0, 0.05) is 23.2 Å². The van der Waals surface area contributed by atoms with Crippen LogP contribution in [0.5, 0.6) is 5.75 Å². The van der Waals surface area contributed by atoms with Crippen LogP contribution in [0.15, 0.2) is 12.1 Å². The lowest BCUT2D eigenvalue weighted by Crippen LogP contribution is -2.20. The quantitative estimate of drug-likeness (QED) is 0.855. The van der Waals surface area contributed by atoms with Gasteiger partial charge in [0.2, 0.25) is 0 Å². The highest BCUT2D eigenvalue weighted by molar-refractivity contribution is 6.30. The molecule has 0 amide bonds. The van der Waals surface area contributed by atoms with Crippen LogP contribution in [0.25, 0.3) is 0 Å². The van der Waals surface area contributed by atoms with Crippen molar-refractivity contribution in [2.75, 3.05) is 20.1 Å². The number of hydrogen-bond acceptors (Lipinski definition) is 3. The summed E-state index contributed by atoms with van der Waals surface area (Å²) in [4.78, 5) is 2.07. The van der Waals surface area contributed by atoms with Crippen LogP contribution in [-0.4, -0.2) is 30.1 Å². The number of rotatable bonds is 2. The van der Waals surface area contributed by atoms with Gasteiger partial charge in [-0.1, -0.05) is 11.6 Å². The average molecular weight is 259 g/mol. The minimum absolute atomic E-state index is 0.0169. The Bertz CT molecular complexity index is 427. The predicted octanol–water partition coefficient (Wildman–Crippen LogP) is 2.14. The van der Waals surface area contributed by atoms with Crippen molar-refractivity contribution in [3.63, 3.8) is 0 Å². The maximum Gasteiger partial charge on any atom is 0.166 e. The van der Waals surface area contributed by atoms with Gasteiger partial charge >= 0.3 is 0 Å². The first kappa shape index (κ1) is 12.6. The van der Waals surface area contributed by atoms with Gasteiger partial charge in [-0.2, -0.15) is 0 Å². The summed E-state index contributed by atoms with van der Waals surface area (Å²) in [5.41, 5.74) is 6.19. The van der Waals surface area contributed by atoms with Gasteiger partial charge in [-0.05, 0) is 38.1 Å². The summed E-state index contributed by atoms with van der Waals surface area (Å²) >= 11 is 5.82. The Labute approximate surface area is 105 Å². The molecule has 0 aliphatic carbocycles. The second kappa shape index (κ2) is 4.80. The number of likely N-dealkylation sites (tertiary alicyclic amines) is 1. The van der Waals surface area contributed by atoms with E-state index in [1.807, 2.05) is 7.05 Å². The topological polar surface area (TPSA) is 49.5 Å². The zero-order chi connectivity index (χ0) is 12.6. The highest BCUT2D eigenvalue weighted by Gasteiger charge is 2.32. The van der Waals surface area contributed by atoms with E-state index in [1.54, 1.807) is 6.07 Å². The summed E-state index contributed by atoms with van der Waals surface area (Å²) in [5.74, 6) is -0.590. The molecule has 2 atom stereocenters. The second-order valence-electron chi connectivity index (χ2n) is 4.62. The number of benzene rings is 1. The van der Waals surface area contributed by atoms with Gasteiger partial charge in [0.15, 0.2) is 11.6 Å². The smallest absolute Gasteiger partial charge is 0.166 e. The molecule has 1 aromatic rings. The molecule has 2 rings (SSSR count). The van der Waals surface area contributed by atoms with Crippen molar-refractivity contribution in [2.24, 2.45) is 11.7 Å². The molecule has 1 aliphatic rings. The number of nitrogens with zero attached hydrogens (tertiary/aromatic N) is 1. The van der Waals surface area contributed by atoms with E-state index in [4.69, 9.17) is 17.3 Å². The first-order valence-corrected chi connectivity index (χ1v) is 5.99. The number of hydrogen-bond donors (Lipinski definition) is 2. The lowest BCUT2D eigenvalue weighted by molar-refractivity contribution is 0.302. The molecule has 2 unspecified atom stereocenters. The van der Waals surface area contributed by atoms with Gasteiger partial charge in [-0.25, -0.2) is 4.39 Å². The lowest BCUT2D eigenvalue weighted by Gasteiger charge is -2.21. The molecule has 1 heterocycles. The third-order valence-electron chi connectivity index (χ3n) is 3.38. The number of halogens is 2. The minimum Gasteiger partial charge on any atom is -0.505 e. The van der Waals surface area contributed by atoms with E-state index in [0.717, 1.165) is 19.0 Å². The van der Waals surface area contributed by atoms with Crippen LogP contribution in [0.3, 0.4) is 0 Å². The number of phenols is 1. The van der Waals surface area contributed by atoms with Crippen LogP contribution in [0, 0.1) is 11.7 Å². The van der Waals surface area contributed by atoms with Crippen LogP contribution in [-0.2, 0) is 0 Å². The molecule has 1 saturated heterocycles. The Balaban J connectivity index is 2.34. The van der Waals surface area contributed by atoms with E-state index in [2.05, 4.69) is 4.90 Å². The highest BCUT2D eigenvalue weighted by atomic mass is 35.5. The van der Waals surface area contributed by atoms with Gasteiger partial charge in [0.1, 0.15) is 0 Å². The Hall–Kier alpha value is -0.840. The maximum atomic E-state index is 13.4. The van der Waals surface area contributed by atoms with Gasteiger partial charge in [-0.3, -0.25) is 4.90 Å². The second-order valence-corrected chi connectivity index (χ2v) is 5.05. The molecule has 17 heavy (non-hydrogen) atoms. The van der Waals surface area contributed by atoms with Crippen LogP contribution >= 0.6 is 11.6 Å².